The van der Waals surface area contributed by atoms with Crippen LogP contribution in [-0.2, 0) is 11.2 Å². The Balaban J connectivity index is 1.95. The van der Waals surface area contributed by atoms with Gasteiger partial charge in [0.1, 0.15) is 5.82 Å². The third-order valence-electron chi connectivity index (χ3n) is 4.75. The van der Waals surface area contributed by atoms with Crippen LogP contribution in [0.1, 0.15) is 18.4 Å². The molecule has 2 N–H and O–H groups in total. The first-order valence-electron chi connectivity index (χ1n) is 8.07. The third-order valence-corrected chi connectivity index (χ3v) is 5.16. The van der Waals surface area contributed by atoms with Gasteiger partial charge in [-0.3, -0.25) is 4.79 Å². The van der Waals surface area contributed by atoms with Crippen molar-refractivity contribution in [3.8, 4) is 11.4 Å². The molecule has 140 valence electrons. The number of halogens is 2. The van der Waals surface area contributed by atoms with Gasteiger partial charge in [0.15, 0.2) is 5.82 Å². The van der Waals surface area contributed by atoms with E-state index in [1.165, 1.54) is 18.2 Å². The summed E-state index contributed by atoms with van der Waals surface area (Å²) < 4.78 is 15.1. The summed E-state index contributed by atoms with van der Waals surface area (Å²) in [4.78, 5) is 22.9. The number of carboxylic acid groups (broad SMARTS) is 1. The van der Waals surface area contributed by atoms with Gasteiger partial charge >= 0.3 is 5.97 Å². The minimum Gasteiger partial charge on any atom is -0.481 e. The first-order valence-corrected chi connectivity index (χ1v) is 8.86. The maximum absolute atomic E-state index is 14.4. The fourth-order valence-electron chi connectivity index (χ4n) is 3.41. The fraction of sp³-hybridized carbons (Fsp3) is 0.353. The van der Waals surface area contributed by atoms with E-state index in [1.54, 1.807) is 12.4 Å². The molecular formula is C17H15BrFN5O3. The van der Waals surface area contributed by atoms with Crippen molar-refractivity contribution >= 4 is 21.9 Å². The molecule has 0 radical (unpaired) electrons. The zero-order valence-electron chi connectivity index (χ0n) is 14.0. The molecule has 0 bridgehead atoms. The summed E-state index contributed by atoms with van der Waals surface area (Å²) in [5.74, 6) is -1.35. The predicted octanol–water partition coefficient (Wildman–Crippen LogP) is 3.49. The number of hydrogen-bond acceptors (Lipinski definition) is 5. The number of nitrogens with zero attached hydrogens (tertiary/aromatic N) is 5. The zero-order chi connectivity index (χ0) is 19.6. The van der Waals surface area contributed by atoms with E-state index in [2.05, 4.69) is 35.9 Å². The average Bonchev–Trinajstić information content (AvgIpc) is 2.95. The van der Waals surface area contributed by atoms with Crippen molar-refractivity contribution in [3.63, 3.8) is 0 Å². The van der Waals surface area contributed by atoms with Gasteiger partial charge in [-0.1, -0.05) is 5.11 Å². The van der Waals surface area contributed by atoms with Crippen molar-refractivity contribution < 1.29 is 19.4 Å². The van der Waals surface area contributed by atoms with Gasteiger partial charge in [0.25, 0.3) is 0 Å². The molecule has 0 aliphatic heterocycles. The Morgan fingerprint density at radius 2 is 2.11 bits per heavy atom. The van der Waals surface area contributed by atoms with Crippen molar-refractivity contribution in [2.45, 2.75) is 31.4 Å². The van der Waals surface area contributed by atoms with Crippen LogP contribution in [0.25, 0.3) is 21.8 Å². The molecule has 1 aromatic heterocycles. The lowest BCUT2D eigenvalue weighted by molar-refractivity contribution is -0.149. The minimum atomic E-state index is -1.42. The number of azide groups is 1. The van der Waals surface area contributed by atoms with E-state index in [-0.39, 0.29) is 24.8 Å². The van der Waals surface area contributed by atoms with Crippen LogP contribution >= 0.6 is 15.9 Å². The maximum Gasteiger partial charge on any atom is 0.310 e. The number of aromatic nitrogens is 2. The number of aliphatic hydroxyl groups excluding tert-OH is 1. The van der Waals surface area contributed by atoms with E-state index in [9.17, 15) is 19.4 Å². The molecule has 0 unspecified atom stereocenters. The van der Waals surface area contributed by atoms with E-state index in [0.29, 0.717) is 15.9 Å². The van der Waals surface area contributed by atoms with Crippen LogP contribution in [0.5, 0.6) is 0 Å². The largest absolute Gasteiger partial charge is 0.481 e. The molecular weight excluding hydrogens is 421 g/mol. The lowest BCUT2D eigenvalue weighted by Gasteiger charge is -2.24. The molecule has 0 saturated heterocycles. The van der Waals surface area contributed by atoms with Gasteiger partial charge in [0.05, 0.1) is 22.0 Å². The van der Waals surface area contributed by atoms with E-state index in [1.807, 2.05) is 0 Å². The Hall–Kier alpha value is -2.55. The SMILES string of the molecule is [N-]=[N+]=N[C@@H]1C[C@@](Cc2cc(-c3ncc(Br)cn3)ccc2F)(C(=O)O)C[C@H]1O. The van der Waals surface area contributed by atoms with Crippen LogP contribution in [-0.4, -0.2) is 38.3 Å². The summed E-state index contributed by atoms with van der Waals surface area (Å²) in [5, 5.41) is 23.3. The molecule has 3 rings (SSSR count). The monoisotopic (exact) mass is 435 g/mol. The molecule has 1 saturated carbocycles. The van der Waals surface area contributed by atoms with Gasteiger partial charge in [-0.25, -0.2) is 14.4 Å². The van der Waals surface area contributed by atoms with Gasteiger partial charge in [-0.15, -0.1) is 0 Å². The van der Waals surface area contributed by atoms with Crippen LogP contribution in [0.15, 0.2) is 40.2 Å². The van der Waals surface area contributed by atoms with Gasteiger partial charge in [-0.05, 0) is 64.5 Å². The third kappa shape index (κ3) is 3.92. The lowest BCUT2D eigenvalue weighted by Crippen LogP contribution is -2.32. The number of carboxylic acids is 1. The van der Waals surface area contributed by atoms with E-state index < -0.39 is 29.3 Å². The summed E-state index contributed by atoms with van der Waals surface area (Å²) >= 11 is 3.24. The quantitative estimate of drug-likeness (QED) is 0.421. The normalized spacial score (nSPS) is 24.4. The second kappa shape index (κ2) is 7.59. The second-order valence-electron chi connectivity index (χ2n) is 6.54. The van der Waals surface area contributed by atoms with Crippen LogP contribution in [0.4, 0.5) is 4.39 Å². The molecule has 0 amide bonds. The Labute approximate surface area is 161 Å². The molecule has 1 aromatic carbocycles. The Bertz CT molecular complexity index is 919. The minimum absolute atomic E-state index is 0.0635. The van der Waals surface area contributed by atoms with Gasteiger partial charge in [-0.2, -0.15) is 0 Å². The summed E-state index contributed by atoms with van der Waals surface area (Å²) in [6.45, 7) is 0. The number of benzene rings is 1. The number of hydrogen-bond donors (Lipinski definition) is 2. The number of aliphatic carboxylic acids is 1. The molecule has 8 nitrogen and oxygen atoms in total. The Kier molecular flexibility index (Phi) is 5.41. The molecule has 27 heavy (non-hydrogen) atoms. The topological polar surface area (TPSA) is 132 Å². The smallest absolute Gasteiger partial charge is 0.310 e. The molecule has 1 aliphatic rings. The molecule has 3 atom stereocenters. The fourth-order valence-corrected chi connectivity index (χ4v) is 3.61. The van der Waals surface area contributed by atoms with E-state index in [0.717, 1.165) is 0 Å². The molecule has 1 fully saturated rings. The van der Waals surface area contributed by atoms with Gasteiger partial charge < -0.3 is 10.2 Å². The lowest BCUT2D eigenvalue weighted by atomic mass is 9.79. The highest BCUT2D eigenvalue weighted by Crippen LogP contribution is 2.43. The highest BCUT2D eigenvalue weighted by molar-refractivity contribution is 9.10. The average molecular weight is 436 g/mol. The summed E-state index contributed by atoms with van der Waals surface area (Å²) in [5.41, 5.74) is 7.90. The van der Waals surface area contributed by atoms with E-state index in [4.69, 9.17) is 5.53 Å². The molecule has 10 heteroatoms. The van der Waals surface area contributed by atoms with Crippen LogP contribution in [0, 0.1) is 11.2 Å². The summed E-state index contributed by atoms with van der Waals surface area (Å²) in [6.07, 6.45) is 1.70. The molecule has 0 spiro atoms. The highest BCUT2D eigenvalue weighted by atomic mass is 79.9. The van der Waals surface area contributed by atoms with Crippen LogP contribution in [0.2, 0.25) is 0 Å². The summed E-state index contributed by atoms with van der Waals surface area (Å²) in [7, 11) is 0. The molecule has 1 heterocycles. The van der Waals surface area contributed by atoms with Crippen LogP contribution in [0.3, 0.4) is 0 Å². The number of rotatable bonds is 5. The van der Waals surface area contributed by atoms with E-state index >= 15 is 0 Å². The van der Waals surface area contributed by atoms with Crippen LogP contribution < -0.4 is 0 Å². The predicted molar refractivity (Wildman–Crippen MR) is 97.1 cm³/mol. The van der Waals surface area contributed by atoms with Crippen molar-refractivity contribution in [3.05, 3.63) is 56.9 Å². The standard InChI is InChI=1S/C17H15BrFN5O3/c18-11-7-21-15(22-8-11)9-1-2-12(19)10(3-9)4-17(16(26)27)5-13(23-24-20)14(25)6-17/h1-3,7-8,13-14,25H,4-6H2,(H,26,27)/t13-,14-,17-/m1/s1. The van der Waals surface area contributed by atoms with Crippen molar-refractivity contribution in [1.82, 2.24) is 9.97 Å². The van der Waals surface area contributed by atoms with Crippen molar-refractivity contribution in [2.24, 2.45) is 10.5 Å². The Morgan fingerprint density at radius 1 is 1.41 bits per heavy atom. The highest BCUT2D eigenvalue weighted by Gasteiger charge is 2.50. The first-order chi connectivity index (χ1) is 12.8. The second-order valence-corrected chi connectivity index (χ2v) is 7.46. The molecule has 1 aliphatic carbocycles. The van der Waals surface area contributed by atoms with Crippen molar-refractivity contribution in [1.29, 1.82) is 0 Å². The zero-order valence-corrected chi connectivity index (χ0v) is 15.5. The maximum atomic E-state index is 14.4. The van der Waals surface area contributed by atoms with Gasteiger partial charge in [0, 0.05) is 22.9 Å². The number of carbonyl (C=O) groups is 1. The van der Waals surface area contributed by atoms with Crippen molar-refractivity contribution in [2.75, 3.05) is 0 Å². The summed E-state index contributed by atoms with van der Waals surface area (Å²) in [6, 6.07) is 3.41. The Morgan fingerprint density at radius 3 is 2.74 bits per heavy atom. The molecule has 2 aromatic rings. The van der Waals surface area contributed by atoms with Gasteiger partial charge in [0.2, 0.25) is 0 Å². The number of aliphatic hydroxyl groups is 1. The first kappa shape index (κ1) is 19.2.